The van der Waals surface area contributed by atoms with Gasteiger partial charge < -0.3 is 9.09 Å². The zero-order valence-corrected chi connectivity index (χ0v) is 10.9. The van der Waals surface area contributed by atoms with E-state index in [1.807, 2.05) is 29.0 Å². The molecule has 0 aliphatic rings. The minimum atomic E-state index is 0.339. The first-order valence-electron chi connectivity index (χ1n) is 5.92. The van der Waals surface area contributed by atoms with Crippen molar-refractivity contribution in [2.75, 3.05) is 0 Å². The van der Waals surface area contributed by atoms with Gasteiger partial charge in [-0.1, -0.05) is 29.4 Å². The molecule has 2 heterocycles. The fraction of sp³-hybridized carbons (Fsp3) is 0.143. The minimum absolute atomic E-state index is 0.339. The highest BCUT2D eigenvalue weighted by atomic mass is 35.5. The van der Waals surface area contributed by atoms with Crippen molar-refractivity contribution in [1.82, 2.24) is 14.7 Å². The number of halogens is 1. The van der Waals surface area contributed by atoms with Crippen LogP contribution in [0.2, 0.25) is 0 Å². The molecule has 5 heteroatoms. The molecule has 0 N–H and O–H groups in total. The van der Waals surface area contributed by atoms with Crippen molar-refractivity contribution in [3.63, 3.8) is 0 Å². The second-order valence-electron chi connectivity index (χ2n) is 4.24. The molecule has 0 saturated heterocycles. The number of nitrogens with zero attached hydrogens (tertiary/aromatic N) is 3. The number of imidazole rings is 1. The molecule has 0 spiro atoms. The van der Waals surface area contributed by atoms with Gasteiger partial charge in [-0.2, -0.15) is 0 Å². The van der Waals surface area contributed by atoms with Crippen LogP contribution in [0.25, 0.3) is 11.3 Å². The second-order valence-corrected chi connectivity index (χ2v) is 4.51. The summed E-state index contributed by atoms with van der Waals surface area (Å²) in [5.74, 6) is 1.02. The molecule has 4 nitrogen and oxygen atoms in total. The molecule has 3 rings (SSSR count). The van der Waals surface area contributed by atoms with Crippen molar-refractivity contribution in [1.29, 1.82) is 0 Å². The number of benzene rings is 1. The van der Waals surface area contributed by atoms with Crippen LogP contribution < -0.4 is 0 Å². The number of aromatic nitrogens is 3. The van der Waals surface area contributed by atoms with Crippen LogP contribution in [0, 0.1) is 0 Å². The van der Waals surface area contributed by atoms with Gasteiger partial charge in [0.1, 0.15) is 5.69 Å². The molecule has 0 aliphatic carbocycles. The van der Waals surface area contributed by atoms with Crippen LogP contribution in [-0.4, -0.2) is 14.7 Å². The van der Waals surface area contributed by atoms with Crippen molar-refractivity contribution in [3.05, 3.63) is 60.4 Å². The van der Waals surface area contributed by atoms with E-state index in [0.717, 1.165) is 17.8 Å². The van der Waals surface area contributed by atoms with Gasteiger partial charge in [-0.25, -0.2) is 4.98 Å². The van der Waals surface area contributed by atoms with Crippen molar-refractivity contribution in [2.45, 2.75) is 12.4 Å². The quantitative estimate of drug-likeness (QED) is 0.685. The van der Waals surface area contributed by atoms with Gasteiger partial charge in [0.25, 0.3) is 0 Å². The van der Waals surface area contributed by atoms with Gasteiger partial charge >= 0.3 is 0 Å². The molecule has 0 saturated carbocycles. The SMILES string of the molecule is ClCc1cc(-c2ccc(Cn3ccnc3)cc2)no1. The average molecular weight is 274 g/mol. The number of rotatable bonds is 4. The van der Waals surface area contributed by atoms with Gasteiger partial charge in [-0.3, -0.25) is 0 Å². The Hall–Kier alpha value is -2.07. The third-order valence-electron chi connectivity index (χ3n) is 2.86. The van der Waals surface area contributed by atoms with Gasteiger partial charge in [0.2, 0.25) is 0 Å². The summed E-state index contributed by atoms with van der Waals surface area (Å²) in [5, 5.41) is 3.99. The smallest absolute Gasteiger partial charge is 0.152 e. The van der Waals surface area contributed by atoms with Crippen LogP contribution in [0.4, 0.5) is 0 Å². The molecule has 0 unspecified atom stereocenters. The zero-order valence-electron chi connectivity index (χ0n) is 10.2. The van der Waals surface area contributed by atoms with E-state index < -0.39 is 0 Å². The van der Waals surface area contributed by atoms with E-state index in [4.69, 9.17) is 16.1 Å². The zero-order chi connectivity index (χ0) is 13.1. The molecule has 96 valence electrons. The summed E-state index contributed by atoms with van der Waals surface area (Å²) in [6, 6.07) is 10.1. The minimum Gasteiger partial charge on any atom is -0.359 e. The summed E-state index contributed by atoms with van der Waals surface area (Å²) < 4.78 is 7.11. The number of hydrogen-bond donors (Lipinski definition) is 0. The fourth-order valence-electron chi connectivity index (χ4n) is 1.88. The van der Waals surface area contributed by atoms with Crippen LogP contribution in [0.1, 0.15) is 11.3 Å². The summed E-state index contributed by atoms with van der Waals surface area (Å²) in [4.78, 5) is 4.02. The Labute approximate surface area is 115 Å². The highest BCUT2D eigenvalue weighted by Crippen LogP contribution is 2.20. The Morgan fingerprint density at radius 1 is 1.21 bits per heavy atom. The molecule has 2 aromatic heterocycles. The third kappa shape index (κ3) is 2.69. The summed E-state index contributed by atoms with van der Waals surface area (Å²) >= 11 is 5.69. The number of hydrogen-bond acceptors (Lipinski definition) is 3. The molecule has 3 aromatic rings. The first-order valence-corrected chi connectivity index (χ1v) is 6.45. The van der Waals surface area contributed by atoms with Gasteiger partial charge in [0.05, 0.1) is 12.2 Å². The monoisotopic (exact) mass is 273 g/mol. The molecule has 0 atom stereocenters. The number of alkyl halides is 1. The maximum absolute atomic E-state index is 5.69. The summed E-state index contributed by atoms with van der Waals surface area (Å²) in [6.45, 7) is 0.812. The molecular weight excluding hydrogens is 262 g/mol. The Bertz CT molecular complexity index is 644. The maximum Gasteiger partial charge on any atom is 0.152 e. The summed E-state index contributed by atoms with van der Waals surface area (Å²) in [7, 11) is 0. The fourth-order valence-corrected chi connectivity index (χ4v) is 2.01. The predicted molar refractivity (Wildman–Crippen MR) is 72.8 cm³/mol. The van der Waals surface area contributed by atoms with Crippen LogP contribution >= 0.6 is 11.6 Å². The lowest BCUT2D eigenvalue weighted by molar-refractivity contribution is 0.396. The second kappa shape index (κ2) is 5.28. The van der Waals surface area contributed by atoms with Gasteiger partial charge in [-0.05, 0) is 5.56 Å². The van der Waals surface area contributed by atoms with E-state index in [1.54, 1.807) is 12.5 Å². The largest absolute Gasteiger partial charge is 0.359 e. The average Bonchev–Trinajstić information content (AvgIpc) is 3.10. The predicted octanol–water partition coefficient (Wildman–Crippen LogP) is 3.33. The first kappa shape index (κ1) is 12.0. The standard InChI is InChI=1S/C14H12ClN3O/c15-8-13-7-14(17-19-13)12-3-1-11(2-4-12)9-18-6-5-16-10-18/h1-7,10H,8-9H2. The van der Waals surface area contributed by atoms with Gasteiger partial charge in [-0.15, -0.1) is 11.6 Å². The van der Waals surface area contributed by atoms with Crippen LogP contribution in [0.5, 0.6) is 0 Å². The van der Waals surface area contributed by atoms with E-state index >= 15 is 0 Å². The Balaban J connectivity index is 1.78. The molecule has 1 aromatic carbocycles. The lowest BCUT2D eigenvalue weighted by Crippen LogP contribution is -1.95. The lowest BCUT2D eigenvalue weighted by atomic mass is 10.1. The molecule has 0 aliphatic heterocycles. The molecule has 0 bridgehead atoms. The van der Waals surface area contributed by atoms with E-state index in [2.05, 4.69) is 22.3 Å². The van der Waals surface area contributed by atoms with E-state index in [9.17, 15) is 0 Å². The summed E-state index contributed by atoms with van der Waals surface area (Å²) in [5.41, 5.74) is 3.04. The van der Waals surface area contributed by atoms with Crippen molar-refractivity contribution in [2.24, 2.45) is 0 Å². The van der Waals surface area contributed by atoms with Crippen molar-refractivity contribution in [3.8, 4) is 11.3 Å². The molecule has 0 fully saturated rings. The normalized spacial score (nSPS) is 10.8. The summed E-state index contributed by atoms with van der Waals surface area (Å²) in [6.07, 6.45) is 5.52. The van der Waals surface area contributed by atoms with Crippen molar-refractivity contribution >= 4 is 11.6 Å². The lowest BCUT2D eigenvalue weighted by Gasteiger charge is -2.03. The Morgan fingerprint density at radius 2 is 2.05 bits per heavy atom. The Morgan fingerprint density at radius 3 is 2.68 bits per heavy atom. The van der Waals surface area contributed by atoms with Crippen molar-refractivity contribution < 1.29 is 4.52 Å². The van der Waals surface area contributed by atoms with E-state index in [-0.39, 0.29) is 0 Å². The first-order chi connectivity index (χ1) is 9.35. The molecule has 19 heavy (non-hydrogen) atoms. The highest BCUT2D eigenvalue weighted by Gasteiger charge is 2.05. The highest BCUT2D eigenvalue weighted by molar-refractivity contribution is 6.16. The molecule has 0 radical (unpaired) electrons. The molecule has 0 amide bonds. The topological polar surface area (TPSA) is 43.9 Å². The Kier molecular flexibility index (Phi) is 3.33. The van der Waals surface area contributed by atoms with E-state index in [0.29, 0.717) is 11.6 Å². The molecular formula is C14H12ClN3O. The van der Waals surface area contributed by atoms with Crippen LogP contribution in [0.15, 0.2) is 53.6 Å². The third-order valence-corrected chi connectivity index (χ3v) is 3.13. The van der Waals surface area contributed by atoms with E-state index in [1.165, 1.54) is 5.56 Å². The maximum atomic E-state index is 5.69. The van der Waals surface area contributed by atoms with Gasteiger partial charge in [0, 0.05) is 30.6 Å². The van der Waals surface area contributed by atoms with Crippen LogP contribution in [0.3, 0.4) is 0 Å². The van der Waals surface area contributed by atoms with Gasteiger partial charge in [0.15, 0.2) is 5.76 Å². The van der Waals surface area contributed by atoms with Crippen LogP contribution in [-0.2, 0) is 12.4 Å².